The Bertz CT molecular complexity index is 581. The summed E-state index contributed by atoms with van der Waals surface area (Å²) in [5, 5.41) is 0.362. The van der Waals surface area contributed by atoms with E-state index in [2.05, 4.69) is 0 Å². The number of benzene rings is 2. The van der Waals surface area contributed by atoms with Crippen molar-refractivity contribution < 1.29 is 14.3 Å². The lowest BCUT2D eigenvalue weighted by Gasteiger charge is -2.12. The van der Waals surface area contributed by atoms with E-state index in [1.54, 1.807) is 24.3 Å². The number of halogens is 1. The molecule has 0 heterocycles. The fourth-order valence-electron chi connectivity index (χ4n) is 1.65. The van der Waals surface area contributed by atoms with Crippen molar-refractivity contribution in [1.82, 2.24) is 0 Å². The highest BCUT2D eigenvalue weighted by Gasteiger charge is 2.10. The molecule has 0 aliphatic heterocycles. The molecule has 0 N–H and O–H groups in total. The van der Waals surface area contributed by atoms with Crippen molar-refractivity contribution in [3.63, 3.8) is 0 Å². The first kappa shape index (κ1) is 13.4. The Morgan fingerprint density at radius 3 is 2.42 bits per heavy atom. The van der Waals surface area contributed by atoms with E-state index in [0.717, 1.165) is 0 Å². The monoisotopic (exact) mass is 276 g/mol. The minimum atomic E-state index is 0.329. The molecule has 0 radical (unpaired) electrons. The van der Waals surface area contributed by atoms with Crippen LogP contribution in [-0.4, -0.2) is 12.9 Å². The fraction of sp³-hybridized carbons (Fsp3) is 0.133. The van der Waals surface area contributed by atoms with Crippen molar-refractivity contribution in [2.24, 2.45) is 0 Å². The van der Waals surface area contributed by atoms with Crippen LogP contribution in [0.1, 0.15) is 17.3 Å². The molecule has 98 valence electrons. The summed E-state index contributed by atoms with van der Waals surface area (Å²) in [6, 6.07) is 12.3. The Morgan fingerprint density at radius 2 is 1.74 bits per heavy atom. The molecule has 0 saturated carbocycles. The Kier molecular flexibility index (Phi) is 4.42. The lowest BCUT2D eigenvalue weighted by atomic mass is 10.2. The molecule has 4 heteroatoms. The fourth-order valence-corrected chi connectivity index (χ4v) is 1.86. The van der Waals surface area contributed by atoms with Crippen LogP contribution in [0.15, 0.2) is 42.5 Å². The van der Waals surface area contributed by atoms with Crippen LogP contribution in [0.2, 0.25) is 5.02 Å². The topological polar surface area (TPSA) is 35.5 Å². The van der Waals surface area contributed by atoms with E-state index >= 15 is 0 Å². The van der Waals surface area contributed by atoms with E-state index in [-0.39, 0.29) is 0 Å². The third-order valence-electron chi connectivity index (χ3n) is 2.50. The van der Waals surface area contributed by atoms with Crippen LogP contribution in [0.4, 0.5) is 0 Å². The van der Waals surface area contributed by atoms with Gasteiger partial charge in [-0.1, -0.05) is 29.8 Å². The average Bonchev–Trinajstić information content (AvgIpc) is 2.41. The number of hydrogen-bond donors (Lipinski definition) is 0. The van der Waals surface area contributed by atoms with Crippen LogP contribution < -0.4 is 9.47 Å². The van der Waals surface area contributed by atoms with Gasteiger partial charge in [0, 0.05) is 0 Å². The number of ether oxygens (including phenoxy) is 2. The van der Waals surface area contributed by atoms with Crippen molar-refractivity contribution in [3.8, 4) is 17.2 Å². The molecule has 0 atom stereocenters. The van der Waals surface area contributed by atoms with Gasteiger partial charge in [-0.05, 0) is 31.2 Å². The number of hydrogen-bond acceptors (Lipinski definition) is 3. The van der Waals surface area contributed by atoms with Crippen LogP contribution in [0.5, 0.6) is 17.2 Å². The van der Waals surface area contributed by atoms with Crippen molar-refractivity contribution in [2.75, 3.05) is 6.61 Å². The van der Waals surface area contributed by atoms with E-state index < -0.39 is 0 Å². The molecule has 2 aromatic carbocycles. The molecule has 0 aliphatic rings. The second kappa shape index (κ2) is 6.25. The van der Waals surface area contributed by atoms with Crippen molar-refractivity contribution in [3.05, 3.63) is 53.1 Å². The van der Waals surface area contributed by atoms with Crippen LogP contribution in [-0.2, 0) is 0 Å². The zero-order valence-electron chi connectivity index (χ0n) is 10.4. The third kappa shape index (κ3) is 3.06. The quantitative estimate of drug-likeness (QED) is 0.762. The van der Waals surface area contributed by atoms with E-state index in [4.69, 9.17) is 21.1 Å². The van der Waals surface area contributed by atoms with E-state index in [1.165, 1.54) is 0 Å². The molecule has 2 rings (SSSR count). The lowest BCUT2D eigenvalue weighted by Crippen LogP contribution is -1.96. The minimum absolute atomic E-state index is 0.329. The maximum Gasteiger partial charge on any atom is 0.169 e. The first-order chi connectivity index (χ1) is 9.26. The summed E-state index contributed by atoms with van der Waals surface area (Å²) in [5.74, 6) is 1.59. The standard InChI is InChI=1S/C15H13ClO3/c1-2-18-14-7-3-4-8-15(14)19-13-9-5-6-12(16)11(13)10-17/h3-10H,2H2,1H3. The Morgan fingerprint density at radius 1 is 1.05 bits per heavy atom. The normalized spacial score (nSPS) is 10.0. The first-order valence-corrected chi connectivity index (χ1v) is 6.27. The van der Waals surface area contributed by atoms with Crippen LogP contribution >= 0.6 is 11.6 Å². The number of carbonyl (C=O) groups is 1. The smallest absolute Gasteiger partial charge is 0.169 e. The summed E-state index contributed by atoms with van der Waals surface area (Å²) in [7, 11) is 0. The van der Waals surface area contributed by atoms with Crippen molar-refractivity contribution >= 4 is 17.9 Å². The number of aldehydes is 1. The molecule has 0 unspecified atom stereocenters. The van der Waals surface area contributed by atoms with E-state index in [0.29, 0.717) is 40.7 Å². The maximum atomic E-state index is 11.1. The van der Waals surface area contributed by atoms with Gasteiger partial charge in [0.2, 0.25) is 0 Å². The minimum Gasteiger partial charge on any atom is -0.490 e. The molecular formula is C15H13ClO3. The predicted octanol–water partition coefficient (Wildman–Crippen LogP) is 4.34. The van der Waals surface area contributed by atoms with Crippen LogP contribution in [0.25, 0.3) is 0 Å². The summed E-state index contributed by atoms with van der Waals surface area (Å²) in [6.45, 7) is 2.43. The van der Waals surface area contributed by atoms with Crippen molar-refractivity contribution in [1.29, 1.82) is 0 Å². The van der Waals surface area contributed by atoms with Gasteiger partial charge in [0.1, 0.15) is 5.75 Å². The third-order valence-corrected chi connectivity index (χ3v) is 2.83. The second-order valence-corrected chi connectivity index (χ2v) is 4.16. The van der Waals surface area contributed by atoms with Crippen LogP contribution in [0, 0.1) is 0 Å². The maximum absolute atomic E-state index is 11.1. The molecule has 0 fully saturated rings. The molecule has 0 bridgehead atoms. The Hall–Kier alpha value is -2.00. The highest BCUT2D eigenvalue weighted by Crippen LogP contribution is 2.34. The van der Waals surface area contributed by atoms with Gasteiger partial charge in [-0.3, -0.25) is 4.79 Å². The number of para-hydroxylation sites is 2. The summed E-state index contributed by atoms with van der Waals surface area (Å²) in [4.78, 5) is 11.1. The second-order valence-electron chi connectivity index (χ2n) is 3.75. The van der Waals surface area contributed by atoms with Gasteiger partial charge in [-0.15, -0.1) is 0 Å². The van der Waals surface area contributed by atoms with Gasteiger partial charge in [0.05, 0.1) is 17.2 Å². The SMILES string of the molecule is CCOc1ccccc1Oc1cccc(Cl)c1C=O. The highest BCUT2D eigenvalue weighted by atomic mass is 35.5. The van der Waals surface area contributed by atoms with Gasteiger partial charge in [0.25, 0.3) is 0 Å². The lowest BCUT2D eigenvalue weighted by molar-refractivity contribution is 0.112. The molecule has 0 spiro atoms. The average molecular weight is 277 g/mol. The molecule has 0 aliphatic carbocycles. The molecule has 3 nitrogen and oxygen atoms in total. The molecule has 2 aromatic rings. The molecule has 0 amide bonds. The van der Waals surface area contributed by atoms with Gasteiger partial charge >= 0.3 is 0 Å². The Labute approximate surface area is 116 Å². The zero-order chi connectivity index (χ0) is 13.7. The van der Waals surface area contributed by atoms with Crippen LogP contribution in [0.3, 0.4) is 0 Å². The van der Waals surface area contributed by atoms with E-state index in [9.17, 15) is 4.79 Å². The van der Waals surface area contributed by atoms with Gasteiger partial charge in [-0.2, -0.15) is 0 Å². The summed E-state index contributed by atoms with van der Waals surface area (Å²) < 4.78 is 11.2. The Balaban J connectivity index is 2.36. The molecular weight excluding hydrogens is 264 g/mol. The molecule has 0 saturated heterocycles. The van der Waals surface area contributed by atoms with Crippen molar-refractivity contribution in [2.45, 2.75) is 6.92 Å². The van der Waals surface area contributed by atoms with Gasteiger partial charge in [-0.25, -0.2) is 0 Å². The van der Waals surface area contributed by atoms with Gasteiger partial charge in [0.15, 0.2) is 17.8 Å². The summed E-state index contributed by atoms with van der Waals surface area (Å²) >= 11 is 5.95. The zero-order valence-corrected chi connectivity index (χ0v) is 11.2. The highest BCUT2D eigenvalue weighted by molar-refractivity contribution is 6.33. The largest absolute Gasteiger partial charge is 0.490 e. The predicted molar refractivity (Wildman–Crippen MR) is 74.5 cm³/mol. The summed E-state index contributed by atoms with van der Waals surface area (Å²) in [6.07, 6.45) is 0.682. The summed E-state index contributed by atoms with van der Waals surface area (Å²) in [5.41, 5.74) is 0.329. The van der Waals surface area contributed by atoms with E-state index in [1.807, 2.05) is 25.1 Å². The van der Waals surface area contributed by atoms with Gasteiger partial charge < -0.3 is 9.47 Å². The number of carbonyl (C=O) groups excluding carboxylic acids is 1. The molecule has 19 heavy (non-hydrogen) atoms. The first-order valence-electron chi connectivity index (χ1n) is 5.89. The molecule has 0 aromatic heterocycles. The number of rotatable bonds is 5.